The lowest BCUT2D eigenvalue weighted by Gasteiger charge is -2.18. The largest absolute Gasteiger partial charge is 0.477 e. The van der Waals surface area contributed by atoms with Crippen molar-refractivity contribution in [2.24, 2.45) is 5.92 Å². The molecule has 0 amide bonds. The average Bonchev–Trinajstić information content (AvgIpc) is 2.97. The highest BCUT2D eigenvalue weighted by molar-refractivity contribution is 5.23. The minimum absolute atomic E-state index is 0.169. The number of hydrogen-bond donors (Lipinski definition) is 0. The van der Waals surface area contributed by atoms with Gasteiger partial charge in [0.15, 0.2) is 0 Å². The van der Waals surface area contributed by atoms with E-state index in [1.54, 1.807) is 0 Å². The predicted molar refractivity (Wildman–Crippen MR) is 61.2 cm³/mol. The lowest BCUT2D eigenvalue weighted by molar-refractivity contribution is 0.288. The third kappa shape index (κ3) is 2.95. The van der Waals surface area contributed by atoms with Crippen molar-refractivity contribution < 1.29 is 4.74 Å². The number of ether oxygens (including phenoxy) is 1. The molecule has 2 nitrogen and oxygen atoms in total. The summed E-state index contributed by atoms with van der Waals surface area (Å²) < 4.78 is 5.59. The van der Waals surface area contributed by atoms with Gasteiger partial charge in [0.1, 0.15) is 0 Å². The van der Waals surface area contributed by atoms with Gasteiger partial charge < -0.3 is 4.74 Å². The fourth-order valence-corrected chi connectivity index (χ4v) is 1.40. The van der Waals surface area contributed by atoms with E-state index in [1.807, 2.05) is 12.3 Å². The first-order chi connectivity index (χ1) is 7.05. The molecule has 1 saturated carbocycles. The van der Waals surface area contributed by atoms with Crippen molar-refractivity contribution >= 4 is 0 Å². The van der Waals surface area contributed by atoms with Crippen LogP contribution in [-0.4, -0.2) is 11.6 Å². The zero-order valence-corrected chi connectivity index (χ0v) is 9.79. The van der Waals surface area contributed by atoms with Crippen molar-refractivity contribution in [3.8, 4) is 5.88 Å². The second-order valence-electron chi connectivity index (χ2n) is 5.39. The molecular formula is C13H19NO. The Morgan fingerprint density at radius 3 is 2.53 bits per heavy atom. The van der Waals surface area contributed by atoms with Crippen LogP contribution in [0, 0.1) is 5.92 Å². The normalized spacial score (nSPS) is 16.5. The van der Waals surface area contributed by atoms with Gasteiger partial charge in [-0.2, -0.15) is 0 Å². The molecular weight excluding hydrogens is 186 g/mol. The highest BCUT2D eigenvalue weighted by Crippen LogP contribution is 2.29. The molecule has 0 bridgehead atoms. The van der Waals surface area contributed by atoms with Crippen LogP contribution in [0.3, 0.4) is 0 Å². The van der Waals surface area contributed by atoms with Gasteiger partial charge in [-0.3, -0.25) is 0 Å². The Balaban J connectivity index is 1.96. The first-order valence-corrected chi connectivity index (χ1v) is 5.65. The van der Waals surface area contributed by atoms with Crippen LogP contribution in [0.2, 0.25) is 0 Å². The number of aromatic nitrogens is 1. The van der Waals surface area contributed by atoms with Crippen LogP contribution in [0.4, 0.5) is 0 Å². The van der Waals surface area contributed by atoms with Crippen molar-refractivity contribution in [3.63, 3.8) is 0 Å². The second-order valence-corrected chi connectivity index (χ2v) is 5.39. The molecule has 0 spiro atoms. The Morgan fingerprint density at radius 1 is 1.33 bits per heavy atom. The Morgan fingerprint density at radius 2 is 2.07 bits per heavy atom. The summed E-state index contributed by atoms with van der Waals surface area (Å²) in [5.41, 5.74) is 1.42. The highest BCUT2D eigenvalue weighted by Gasteiger charge is 2.22. The molecule has 1 fully saturated rings. The first kappa shape index (κ1) is 10.5. The van der Waals surface area contributed by atoms with Crippen molar-refractivity contribution in [3.05, 3.63) is 23.9 Å². The molecule has 0 aromatic carbocycles. The SMILES string of the molecule is CC(C)(C)c1ccc(OCC2CC2)nc1. The van der Waals surface area contributed by atoms with Crippen LogP contribution in [0.15, 0.2) is 18.3 Å². The third-order valence-electron chi connectivity index (χ3n) is 2.77. The molecule has 0 atom stereocenters. The molecule has 1 aliphatic carbocycles. The summed E-state index contributed by atoms with van der Waals surface area (Å²) in [4.78, 5) is 4.32. The quantitative estimate of drug-likeness (QED) is 0.756. The monoisotopic (exact) mass is 205 g/mol. The zero-order chi connectivity index (χ0) is 10.9. The summed E-state index contributed by atoms with van der Waals surface area (Å²) in [6.07, 6.45) is 4.56. The summed E-state index contributed by atoms with van der Waals surface area (Å²) in [7, 11) is 0. The van der Waals surface area contributed by atoms with E-state index in [9.17, 15) is 0 Å². The molecule has 1 aromatic rings. The van der Waals surface area contributed by atoms with E-state index in [1.165, 1.54) is 18.4 Å². The van der Waals surface area contributed by atoms with Crippen LogP contribution >= 0.6 is 0 Å². The zero-order valence-electron chi connectivity index (χ0n) is 9.79. The van der Waals surface area contributed by atoms with Crippen molar-refractivity contribution in [2.75, 3.05) is 6.61 Å². The molecule has 0 saturated heterocycles. The molecule has 1 heterocycles. The molecule has 2 rings (SSSR count). The summed E-state index contributed by atoms with van der Waals surface area (Å²) in [5, 5.41) is 0. The lowest BCUT2D eigenvalue weighted by Crippen LogP contribution is -2.11. The van der Waals surface area contributed by atoms with Crippen LogP contribution in [-0.2, 0) is 5.41 Å². The second kappa shape index (κ2) is 3.84. The molecule has 0 radical (unpaired) electrons. The molecule has 82 valence electrons. The van der Waals surface area contributed by atoms with Crippen LogP contribution in [0.1, 0.15) is 39.2 Å². The van der Waals surface area contributed by atoms with E-state index in [0.717, 1.165) is 18.4 Å². The summed E-state index contributed by atoms with van der Waals surface area (Å²) in [6.45, 7) is 7.40. The Hall–Kier alpha value is -1.05. The van der Waals surface area contributed by atoms with E-state index in [0.29, 0.717) is 0 Å². The first-order valence-electron chi connectivity index (χ1n) is 5.65. The number of nitrogens with zero attached hydrogens (tertiary/aromatic N) is 1. The van der Waals surface area contributed by atoms with Gasteiger partial charge in [-0.15, -0.1) is 0 Å². The van der Waals surface area contributed by atoms with Gasteiger partial charge in [-0.1, -0.05) is 26.8 Å². The van der Waals surface area contributed by atoms with Gasteiger partial charge in [-0.25, -0.2) is 4.98 Å². The minimum atomic E-state index is 0.169. The summed E-state index contributed by atoms with van der Waals surface area (Å²) >= 11 is 0. The summed E-state index contributed by atoms with van der Waals surface area (Å²) in [5.74, 6) is 1.55. The lowest BCUT2D eigenvalue weighted by atomic mass is 9.88. The van der Waals surface area contributed by atoms with Crippen LogP contribution < -0.4 is 4.74 Å². The van der Waals surface area contributed by atoms with E-state index in [2.05, 4.69) is 31.8 Å². The molecule has 0 unspecified atom stereocenters. The molecule has 15 heavy (non-hydrogen) atoms. The standard InChI is InChI=1S/C13H19NO/c1-13(2,3)11-6-7-12(14-8-11)15-9-10-4-5-10/h6-8,10H,4-5,9H2,1-3H3. The van der Waals surface area contributed by atoms with Gasteiger partial charge >= 0.3 is 0 Å². The van der Waals surface area contributed by atoms with Gasteiger partial charge in [-0.05, 0) is 29.7 Å². The van der Waals surface area contributed by atoms with Crippen molar-refractivity contribution in [2.45, 2.75) is 39.0 Å². The fraction of sp³-hybridized carbons (Fsp3) is 0.615. The topological polar surface area (TPSA) is 22.1 Å². The van der Waals surface area contributed by atoms with E-state index in [4.69, 9.17) is 4.74 Å². The molecule has 0 N–H and O–H groups in total. The number of hydrogen-bond acceptors (Lipinski definition) is 2. The Kier molecular flexibility index (Phi) is 2.68. The predicted octanol–water partition coefficient (Wildman–Crippen LogP) is 3.17. The van der Waals surface area contributed by atoms with Crippen molar-refractivity contribution in [1.29, 1.82) is 0 Å². The van der Waals surface area contributed by atoms with Crippen LogP contribution in [0.5, 0.6) is 5.88 Å². The number of rotatable bonds is 3. The molecule has 0 aliphatic heterocycles. The van der Waals surface area contributed by atoms with E-state index in [-0.39, 0.29) is 5.41 Å². The minimum Gasteiger partial charge on any atom is -0.477 e. The fourth-order valence-electron chi connectivity index (χ4n) is 1.40. The Bertz CT molecular complexity index is 319. The average molecular weight is 205 g/mol. The third-order valence-corrected chi connectivity index (χ3v) is 2.77. The van der Waals surface area contributed by atoms with Gasteiger partial charge in [0.25, 0.3) is 0 Å². The molecule has 1 aliphatic rings. The van der Waals surface area contributed by atoms with Gasteiger partial charge in [0.05, 0.1) is 6.61 Å². The smallest absolute Gasteiger partial charge is 0.213 e. The van der Waals surface area contributed by atoms with E-state index < -0.39 is 0 Å². The van der Waals surface area contributed by atoms with Gasteiger partial charge in [0.2, 0.25) is 5.88 Å². The maximum atomic E-state index is 5.59. The molecule has 1 aromatic heterocycles. The molecule has 2 heteroatoms. The number of pyridine rings is 1. The summed E-state index contributed by atoms with van der Waals surface area (Å²) in [6, 6.07) is 4.08. The van der Waals surface area contributed by atoms with Crippen molar-refractivity contribution in [1.82, 2.24) is 4.98 Å². The van der Waals surface area contributed by atoms with Gasteiger partial charge in [0, 0.05) is 12.3 Å². The van der Waals surface area contributed by atoms with Crippen LogP contribution in [0.25, 0.3) is 0 Å². The Labute approximate surface area is 91.7 Å². The maximum Gasteiger partial charge on any atom is 0.213 e. The van der Waals surface area contributed by atoms with E-state index >= 15 is 0 Å². The highest BCUT2D eigenvalue weighted by atomic mass is 16.5. The maximum absolute atomic E-state index is 5.59.